The van der Waals surface area contributed by atoms with Crippen LogP contribution < -0.4 is 4.90 Å². The molecule has 0 bridgehead atoms. The van der Waals surface area contributed by atoms with Crippen molar-refractivity contribution >= 4 is 11.5 Å². The molecule has 1 aliphatic rings. The zero-order valence-electron chi connectivity index (χ0n) is 9.57. The predicted molar refractivity (Wildman–Crippen MR) is 63.2 cm³/mol. The molecule has 2 rings (SSSR count). The number of carbonyl (C=O) groups excluding carboxylic acids is 1. The van der Waals surface area contributed by atoms with Gasteiger partial charge in [-0.25, -0.2) is 4.39 Å². The molecular formula is C12H16FNO3. The molecule has 1 heterocycles. The summed E-state index contributed by atoms with van der Waals surface area (Å²) < 4.78 is 19.1. The highest BCUT2D eigenvalue weighted by molar-refractivity contribution is 5.97. The molecule has 0 aliphatic carbocycles. The minimum absolute atomic E-state index is 0. The third-order valence-corrected chi connectivity index (χ3v) is 2.83. The Hall–Kier alpha value is -1.62. The summed E-state index contributed by atoms with van der Waals surface area (Å²) in [5.41, 5.74) is 0.329. The summed E-state index contributed by atoms with van der Waals surface area (Å²) in [5.74, 6) is -1.66. The summed E-state index contributed by atoms with van der Waals surface area (Å²) in [7, 11) is 0. The number of halogens is 1. The Balaban J connectivity index is 0.00000162. The van der Waals surface area contributed by atoms with E-state index in [0.717, 1.165) is 0 Å². The van der Waals surface area contributed by atoms with E-state index >= 15 is 0 Å². The highest BCUT2D eigenvalue weighted by Gasteiger charge is 2.20. The van der Waals surface area contributed by atoms with Crippen LogP contribution in [0.15, 0.2) is 12.1 Å². The number of hydrogen-bond acceptors (Lipinski definition) is 4. The molecule has 1 saturated heterocycles. The van der Waals surface area contributed by atoms with Gasteiger partial charge < -0.3 is 14.7 Å². The zero-order valence-corrected chi connectivity index (χ0v) is 9.57. The van der Waals surface area contributed by atoms with Crippen molar-refractivity contribution in [3.05, 3.63) is 23.5 Å². The molecule has 0 spiro atoms. The van der Waals surface area contributed by atoms with Crippen molar-refractivity contribution in [3.63, 3.8) is 0 Å². The van der Waals surface area contributed by atoms with Crippen LogP contribution in [-0.2, 0) is 4.74 Å². The number of benzene rings is 1. The second kappa shape index (κ2) is 4.71. The van der Waals surface area contributed by atoms with Gasteiger partial charge in [-0.05, 0) is 19.1 Å². The van der Waals surface area contributed by atoms with Gasteiger partial charge in [0.1, 0.15) is 0 Å². The van der Waals surface area contributed by atoms with Gasteiger partial charge in [-0.1, -0.05) is 0 Å². The van der Waals surface area contributed by atoms with Crippen molar-refractivity contribution in [2.45, 2.75) is 6.92 Å². The molecular weight excluding hydrogens is 225 g/mol. The molecule has 0 aromatic heterocycles. The number of aromatic hydroxyl groups is 1. The molecule has 4 nitrogen and oxygen atoms in total. The van der Waals surface area contributed by atoms with Crippen molar-refractivity contribution in [1.82, 2.24) is 0 Å². The maximum atomic E-state index is 13.9. The fourth-order valence-corrected chi connectivity index (χ4v) is 1.89. The lowest BCUT2D eigenvalue weighted by Crippen LogP contribution is -2.36. The smallest absolute Gasteiger partial charge is 0.188 e. The number of phenolic OH excluding ortho intramolecular Hbond substituents is 1. The molecule has 0 radical (unpaired) electrons. The lowest BCUT2D eigenvalue weighted by molar-refractivity contribution is 0.101. The number of ether oxygens (including phenoxy) is 1. The molecule has 5 heteroatoms. The number of hydrogen-bond donors (Lipinski definition) is 1. The summed E-state index contributed by atoms with van der Waals surface area (Å²) in [4.78, 5) is 12.9. The average Bonchev–Trinajstić information content (AvgIpc) is 2.33. The second-order valence-corrected chi connectivity index (χ2v) is 3.95. The monoisotopic (exact) mass is 242 g/mol. The first-order valence-corrected chi connectivity index (χ1v) is 5.46. The molecule has 0 unspecified atom stereocenters. The number of phenols is 1. The Labute approximate surface area is 100 Å². The fourth-order valence-electron chi connectivity index (χ4n) is 1.89. The van der Waals surface area contributed by atoms with Crippen molar-refractivity contribution in [2.24, 2.45) is 0 Å². The van der Waals surface area contributed by atoms with E-state index in [-0.39, 0.29) is 12.8 Å². The van der Waals surface area contributed by atoms with E-state index in [1.54, 1.807) is 4.90 Å². The quantitative estimate of drug-likeness (QED) is 0.804. The summed E-state index contributed by atoms with van der Waals surface area (Å²) in [6.45, 7) is 3.53. The predicted octanol–water partition coefficient (Wildman–Crippen LogP) is 1.82. The number of rotatable bonds is 2. The minimum atomic E-state index is -0.736. The van der Waals surface area contributed by atoms with Crippen molar-refractivity contribution in [3.8, 4) is 5.75 Å². The highest BCUT2D eigenvalue weighted by atomic mass is 19.1. The van der Waals surface area contributed by atoms with Crippen LogP contribution in [0.2, 0.25) is 0 Å². The van der Waals surface area contributed by atoms with Gasteiger partial charge in [0, 0.05) is 14.5 Å². The van der Waals surface area contributed by atoms with E-state index in [0.29, 0.717) is 32.0 Å². The SMILES string of the molecule is CC(=O)c1ccc(N2CCOCC2)c(F)c1O.[2HH]. The molecule has 1 aromatic rings. The van der Waals surface area contributed by atoms with E-state index in [2.05, 4.69) is 0 Å². The number of carbonyl (C=O) groups is 1. The third kappa shape index (κ3) is 2.24. The lowest BCUT2D eigenvalue weighted by atomic mass is 10.1. The van der Waals surface area contributed by atoms with Gasteiger partial charge in [-0.2, -0.15) is 0 Å². The van der Waals surface area contributed by atoms with Crippen LogP contribution in [0, 0.1) is 5.82 Å². The second-order valence-electron chi connectivity index (χ2n) is 3.95. The Morgan fingerprint density at radius 2 is 2.12 bits per heavy atom. The molecule has 17 heavy (non-hydrogen) atoms. The van der Waals surface area contributed by atoms with Gasteiger partial charge in [0.05, 0.1) is 24.5 Å². The average molecular weight is 242 g/mol. The van der Waals surface area contributed by atoms with Crippen molar-refractivity contribution in [1.29, 1.82) is 0 Å². The molecule has 1 fully saturated rings. The zero-order chi connectivity index (χ0) is 12.4. The van der Waals surface area contributed by atoms with Crippen LogP contribution in [0.4, 0.5) is 10.1 Å². The summed E-state index contributed by atoms with van der Waals surface area (Å²) in [6.07, 6.45) is 0. The van der Waals surface area contributed by atoms with E-state index in [1.807, 2.05) is 0 Å². The Morgan fingerprint density at radius 1 is 1.47 bits per heavy atom. The fraction of sp³-hybridized carbons (Fsp3) is 0.417. The van der Waals surface area contributed by atoms with Crippen molar-refractivity contribution < 1.29 is 20.5 Å². The molecule has 0 atom stereocenters. The van der Waals surface area contributed by atoms with E-state index < -0.39 is 11.6 Å². The topological polar surface area (TPSA) is 49.8 Å². The molecule has 1 N–H and O–H groups in total. The molecule has 1 aromatic carbocycles. The Bertz CT molecular complexity index is 447. The van der Waals surface area contributed by atoms with E-state index in [1.165, 1.54) is 19.1 Å². The van der Waals surface area contributed by atoms with Gasteiger partial charge in [0.25, 0.3) is 0 Å². The van der Waals surface area contributed by atoms with E-state index in [9.17, 15) is 14.3 Å². The summed E-state index contributed by atoms with van der Waals surface area (Å²) >= 11 is 0. The van der Waals surface area contributed by atoms with Gasteiger partial charge in [-0.15, -0.1) is 0 Å². The van der Waals surface area contributed by atoms with Crippen LogP contribution in [-0.4, -0.2) is 37.2 Å². The molecule has 1 aliphatic heterocycles. The van der Waals surface area contributed by atoms with Gasteiger partial charge in [-0.3, -0.25) is 4.79 Å². The van der Waals surface area contributed by atoms with Crippen LogP contribution in [0.1, 0.15) is 18.7 Å². The largest absolute Gasteiger partial charge is 0.504 e. The highest BCUT2D eigenvalue weighted by Crippen LogP contribution is 2.30. The maximum Gasteiger partial charge on any atom is 0.188 e. The Kier molecular flexibility index (Phi) is 3.28. The summed E-state index contributed by atoms with van der Waals surface area (Å²) in [6, 6.07) is 2.97. The number of anilines is 1. The maximum absolute atomic E-state index is 13.9. The number of Topliss-reactive ketones (excluding diaryl/α,β-unsaturated/α-hetero) is 1. The first-order chi connectivity index (χ1) is 8.11. The standard InChI is InChI=1S/C12H14FNO3.H2/c1-8(15)9-2-3-10(11(13)12(9)16)14-4-6-17-7-5-14;/h2-3,16H,4-7H2,1H3;1H/i;1+1. The van der Waals surface area contributed by atoms with E-state index in [4.69, 9.17) is 4.74 Å². The lowest BCUT2D eigenvalue weighted by Gasteiger charge is -2.29. The van der Waals surface area contributed by atoms with Crippen molar-refractivity contribution in [2.75, 3.05) is 31.2 Å². The number of ketones is 1. The summed E-state index contributed by atoms with van der Waals surface area (Å²) in [5, 5.41) is 9.63. The van der Waals surface area contributed by atoms with Gasteiger partial charge in [0.15, 0.2) is 17.3 Å². The normalized spacial score (nSPS) is 16.0. The van der Waals surface area contributed by atoms with Gasteiger partial charge in [0.2, 0.25) is 0 Å². The Morgan fingerprint density at radius 3 is 2.71 bits per heavy atom. The first-order valence-electron chi connectivity index (χ1n) is 5.46. The van der Waals surface area contributed by atoms with Crippen LogP contribution in [0.25, 0.3) is 0 Å². The molecule has 94 valence electrons. The van der Waals surface area contributed by atoms with Gasteiger partial charge >= 0.3 is 0 Å². The minimum Gasteiger partial charge on any atom is -0.504 e. The van der Waals surface area contributed by atoms with Crippen LogP contribution in [0.5, 0.6) is 5.75 Å². The van der Waals surface area contributed by atoms with Crippen LogP contribution >= 0.6 is 0 Å². The molecule has 0 amide bonds. The number of nitrogens with zero attached hydrogens (tertiary/aromatic N) is 1. The molecule has 0 saturated carbocycles. The van der Waals surface area contributed by atoms with Crippen LogP contribution in [0.3, 0.4) is 0 Å². The third-order valence-electron chi connectivity index (χ3n) is 2.83. The number of morpholine rings is 1. The first kappa shape index (κ1) is 11.9.